The van der Waals surface area contributed by atoms with Crippen molar-refractivity contribution in [2.45, 2.75) is 28.6 Å². The van der Waals surface area contributed by atoms with Crippen LogP contribution in [-0.4, -0.2) is 35.2 Å². The van der Waals surface area contributed by atoms with E-state index in [1.54, 1.807) is 0 Å². The summed E-state index contributed by atoms with van der Waals surface area (Å²) in [4.78, 5) is 0. The first-order chi connectivity index (χ1) is 7.66. The molecule has 0 aromatic carbocycles. The van der Waals surface area contributed by atoms with Crippen molar-refractivity contribution < 1.29 is 44.6 Å². The van der Waals surface area contributed by atoms with Gasteiger partial charge in [-0.2, -0.15) is 30.7 Å². The average molecular weight is 329 g/mol. The summed E-state index contributed by atoms with van der Waals surface area (Å²) in [6, 6.07) is 0. The van der Waals surface area contributed by atoms with Crippen molar-refractivity contribution in [3.05, 3.63) is 0 Å². The number of rotatable bonds is 0. The van der Waals surface area contributed by atoms with Crippen LogP contribution < -0.4 is 0 Å². The zero-order valence-corrected chi connectivity index (χ0v) is 9.32. The topological polar surface area (TPSA) is 18.5 Å². The van der Waals surface area contributed by atoms with Gasteiger partial charge < -0.3 is 4.74 Å². The normalized spacial score (nSPS) is 37.7. The largest absolute Gasteiger partial charge is 0.453 e. The Kier molecular flexibility index (Phi) is 3.53. The fourth-order valence-corrected chi connectivity index (χ4v) is 1.26. The zero-order valence-electron chi connectivity index (χ0n) is 7.80. The van der Waals surface area contributed by atoms with Crippen molar-refractivity contribution in [2.75, 3.05) is 6.61 Å². The Morgan fingerprint density at radius 3 is 1.56 bits per heavy atom. The zero-order chi connectivity index (χ0) is 14.6. The highest BCUT2D eigenvalue weighted by Crippen LogP contribution is 2.56. The molecule has 0 radical (unpaired) electrons. The first-order valence-corrected chi connectivity index (χ1v) is 4.65. The van der Waals surface area contributed by atoms with Gasteiger partial charge in [0.25, 0.3) is 5.13 Å². The molecular formula is C6H2Cl2F8O2. The third-order valence-corrected chi connectivity index (χ3v) is 2.73. The summed E-state index contributed by atoms with van der Waals surface area (Å²) in [5, 5.41) is -8.48. The average Bonchev–Trinajstić information content (AvgIpc) is 2.05. The molecule has 18 heavy (non-hydrogen) atoms. The molecule has 108 valence electrons. The molecule has 0 aromatic heterocycles. The Morgan fingerprint density at radius 1 is 0.889 bits per heavy atom. The molecule has 1 fully saturated rings. The van der Waals surface area contributed by atoms with Crippen LogP contribution in [-0.2, 0) is 9.47 Å². The molecule has 1 saturated heterocycles. The summed E-state index contributed by atoms with van der Waals surface area (Å²) in [6.07, 6.45) is -12.5. The Bertz CT molecular complexity index is 321. The van der Waals surface area contributed by atoms with Crippen LogP contribution >= 0.6 is 23.2 Å². The highest BCUT2D eigenvalue weighted by atomic mass is 35.5. The van der Waals surface area contributed by atoms with Crippen LogP contribution in [0.3, 0.4) is 0 Å². The fourth-order valence-electron chi connectivity index (χ4n) is 1.00. The summed E-state index contributed by atoms with van der Waals surface area (Å²) in [5.41, 5.74) is 0. The second kappa shape index (κ2) is 3.97. The van der Waals surface area contributed by atoms with Crippen LogP contribution in [0.4, 0.5) is 35.1 Å². The van der Waals surface area contributed by atoms with E-state index in [4.69, 9.17) is 0 Å². The maximum Gasteiger partial charge on any atom is 0.453 e. The third-order valence-electron chi connectivity index (χ3n) is 1.90. The molecule has 1 aliphatic rings. The standard InChI is InChI=1S/C6H2Cl2F8O2/c7-2(9)1-17-3(5(11,12)13,6(14,15)16)18-4(2,8)10/h1H2. The van der Waals surface area contributed by atoms with Crippen molar-refractivity contribution in [2.24, 2.45) is 0 Å². The van der Waals surface area contributed by atoms with E-state index in [0.29, 0.717) is 0 Å². The molecule has 0 amide bonds. The number of alkyl halides is 10. The predicted molar refractivity (Wildman–Crippen MR) is 41.3 cm³/mol. The number of ether oxygens (including phenoxy) is 2. The SMILES string of the molecule is FC(F)(F)C1(C(F)(F)F)OCC(F)(Cl)C(F)(Cl)O1. The van der Waals surface area contributed by atoms with Crippen molar-refractivity contribution in [3.8, 4) is 0 Å². The van der Waals surface area contributed by atoms with Gasteiger partial charge in [0.05, 0.1) is 0 Å². The molecule has 2 unspecified atom stereocenters. The number of hydrogen-bond acceptors (Lipinski definition) is 2. The van der Waals surface area contributed by atoms with Crippen LogP contribution in [0.25, 0.3) is 0 Å². The quantitative estimate of drug-likeness (QED) is 0.499. The van der Waals surface area contributed by atoms with Crippen LogP contribution in [0.1, 0.15) is 0 Å². The summed E-state index contributed by atoms with van der Waals surface area (Å²) < 4.78 is 106. The van der Waals surface area contributed by atoms with Gasteiger partial charge in [-0.25, -0.2) is 4.39 Å². The molecule has 2 nitrogen and oxygen atoms in total. The summed E-state index contributed by atoms with van der Waals surface area (Å²) in [6.45, 7) is -2.12. The molecule has 1 heterocycles. The number of hydrogen-bond donors (Lipinski definition) is 0. The monoisotopic (exact) mass is 328 g/mol. The Morgan fingerprint density at radius 2 is 1.28 bits per heavy atom. The molecule has 0 aromatic rings. The second-order valence-corrected chi connectivity index (χ2v) is 4.31. The molecule has 0 N–H and O–H groups in total. The molecule has 0 bridgehead atoms. The first-order valence-electron chi connectivity index (χ1n) is 3.89. The van der Waals surface area contributed by atoms with Crippen molar-refractivity contribution in [1.29, 1.82) is 0 Å². The molecule has 12 heteroatoms. The Labute approximate surface area is 104 Å². The first kappa shape index (κ1) is 16.0. The van der Waals surface area contributed by atoms with Gasteiger partial charge in [-0.1, -0.05) is 11.6 Å². The molecule has 1 rings (SSSR count). The lowest BCUT2D eigenvalue weighted by molar-refractivity contribution is -0.515. The molecule has 0 saturated carbocycles. The van der Waals surface area contributed by atoms with E-state index in [9.17, 15) is 35.1 Å². The lowest BCUT2D eigenvalue weighted by Crippen LogP contribution is -2.70. The smallest absolute Gasteiger partial charge is 0.330 e. The predicted octanol–water partition coefficient (Wildman–Crippen LogP) is 3.62. The summed E-state index contributed by atoms with van der Waals surface area (Å²) >= 11 is 9.12. The van der Waals surface area contributed by atoms with Gasteiger partial charge in [0.15, 0.2) is 0 Å². The Hall–Kier alpha value is -0.0600. The van der Waals surface area contributed by atoms with E-state index in [1.807, 2.05) is 0 Å². The van der Waals surface area contributed by atoms with Gasteiger partial charge in [-0.15, -0.1) is 0 Å². The van der Waals surface area contributed by atoms with E-state index in [-0.39, 0.29) is 0 Å². The van der Waals surface area contributed by atoms with Crippen LogP contribution in [0.2, 0.25) is 0 Å². The highest BCUT2D eigenvalue weighted by Gasteiger charge is 2.81. The summed E-state index contributed by atoms with van der Waals surface area (Å²) in [5.74, 6) is -5.39. The minimum Gasteiger partial charge on any atom is -0.330 e. The van der Waals surface area contributed by atoms with E-state index < -0.39 is 35.2 Å². The maximum atomic E-state index is 13.2. The van der Waals surface area contributed by atoms with Crippen molar-refractivity contribution in [1.82, 2.24) is 0 Å². The van der Waals surface area contributed by atoms with Gasteiger partial charge in [0.1, 0.15) is 6.61 Å². The van der Waals surface area contributed by atoms with Gasteiger partial charge in [-0.05, 0) is 11.6 Å². The number of halogens is 10. The molecular weight excluding hydrogens is 327 g/mol. The van der Waals surface area contributed by atoms with Crippen LogP contribution in [0.15, 0.2) is 0 Å². The highest BCUT2D eigenvalue weighted by molar-refractivity contribution is 6.32. The lowest BCUT2D eigenvalue weighted by atomic mass is 10.2. The van der Waals surface area contributed by atoms with Gasteiger partial charge >= 0.3 is 23.5 Å². The molecule has 1 aliphatic heterocycles. The lowest BCUT2D eigenvalue weighted by Gasteiger charge is -2.46. The van der Waals surface area contributed by atoms with E-state index in [1.165, 1.54) is 0 Å². The summed E-state index contributed by atoms with van der Waals surface area (Å²) in [7, 11) is 0. The van der Waals surface area contributed by atoms with Crippen molar-refractivity contribution >= 4 is 23.2 Å². The molecule has 0 spiro atoms. The van der Waals surface area contributed by atoms with Crippen LogP contribution in [0, 0.1) is 0 Å². The van der Waals surface area contributed by atoms with Crippen LogP contribution in [0.5, 0.6) is 0 Å². The third kappa shape index (κ3) is 2.23. The molecule has 2 atom stereocenters. The minimum atomic E-state index is -6.25. The van der Waals surface area contributed by atoms with E-state index in [0.717, 1.165) is 0 Å². The van der Waals surface area contributed by atoms with E-state index >= 15 is 0 Å². The Balaban J connectivity index is 3.28. The fraction of sp³-hybridized carbons (Fsp3) is 1.00. The van der Waals surface area contributed by atoms with Gasteiger partial charge in [0.2, 0.25) is 0 Å². The van der Waals surface area contributed by atoms with Crippen molar-refractivity contribution in [3.63, 3.8) is 0 Å². The minimum absolute atomic E-state index is 2.12. The maximum absolute atomic E-state index is 13.2. The second-order valence-electron chi connectivity index (χ2n) is 3.22. The van der Waals surface area contributed by atoms with E-state index in [2.05, 4.69) is 32.7 Å². The van der Waals surface area contributed by atoms with Gasteiger partial charge in [0, 0.05) is 0 Å². The van der Waals surface area contributed by atoms with Gasteiger partial charge in [-0.3, -0.25) is 4.74 Å². The molecule has 0 aliphatic carbocycles.